The number of nitrogens with zero attached hydrogens (tertiary/aromatic N) is 2. The molecule has 0 amide bonds. The van der Waals surface area contributed by atoms with Gasteiger partial charge in [-0.15, -0.1) is 0 Å². The molecule has 5 aromatic rings. The molecule has 5 aromatic carbocycles. The molecule has 3 nitrogen and oxygen atoms in total. The number of hydrogen-bond acceptors (Lipinski definition) is 2. The number of benzene rings is 5. The number of ether oxygens (including phenoxy) is 1. The zero-order chi connectivity index (χ0) is 34.8. The van der Waals surface area contributed by atoms with Crippen molar-refractivity contribution in [2.75, 3.05) is 19.0 Å². The van der Waals surface area contributed by atoms with Crippen molar-refractivity contribution in [2.24, 2.45) is 0 Å². The second kappa shape index (κ2) is 12.9. The minimum absolute atomic E-state index is 0. The van der Waals surface area contributed by atoms with Crippen LogP contribution in [-0.2, 0) is 10.8 Å². The topological polar surface area (TPSA) is 15.5 Å². The standard InChI is InChI=1S/C47H47N2O.CH3/c1-31-19-25-36(26-20-31)50-45-34(23-29-41-46(2,3)43-37-17-10-8-13-32(37)21-27-39(43)48(41)6)15-12-16-35(45)24-30-42-47(4,5)44-38-18-11-9-14-33(38)22-28-40(44)49(42)7;/h8-11,13-14,17-30H,12,15-16H2,1-7H3;1H3/q+1;-1. The lowest BCUT2D eigenvalue weighted by Crippen LogP contribution is -2.27. The smallest absolute Gasteiger partial charge is 0.210 e. The van der Waals surface area contributed by atoms with E-state index in [0.717, 1.165) is 30.8 Å². The van der Waals surface area contributed by atoms with E-state index in [0.29, 0.717) is 0 Å². The van der Waals surface area contributed by atoms with Crippen molar-refractivity contribution in [1.82, 2.24) is 0 Å². The summed E-state index contributed by atoms with van der Waals surface area (Å²) in [6, 6.07) is 35.0. The second-order valence-electron chi connectivity index (χ2n) is 15.3. The van der Waals surface area contributed by atoms with Crippen LogP contribution >= 0.6 is 0 Å². The molecule has 2 aliphatic heterocycles. The van der Waals surface area contributed by atoms with Crippen molar-refractivity contribution in [1.29, 1.82) is 0 Å². The van der Waals surface area contributed by atoms with E-state index in [1.165, 1.54) is 72.2 Å². The Hall–Kier alpha value is -5.15. The van der Waals surface area contributed by atoms with Gasteiger partial charge in [-0.2, -0.15) is 4.58 Å². The molecule has 0 unspecified atom stereocenters. The lowest BCUT2D eigenvalue weighted by atomic mass is 9.78. The fourth-order valence-corrected chi connectivity index (χ4v) is 8.82. The van der Waals surface area contributed by atoms with Crippen LogP contribution in [-0.4, -0.2) is 24.4 Å². The Labute approximate surface area is 304 Å². The quantitative estimate of drug-likeness (QED) is 0.137. The van der Waals surface area contributed by atoms with E-state index < -0.39 is 0 Å². The zero-order valence-electron chi connectivity index (χ0n) is 31.5. The first kappa shape index (κ1) is 34.3. The molecule has 0 bridgehead atoms. The summed E-state index contributed by atoms with van der Waals surface area (Å²) in [7, 11) is 4.42. The van der Waals surface area contributed by atoms with Crippen LogP contribution in [0.3, 0.4) is 0 Å². The van der Waals surface area contributed by atoms with Crippen molar-refractivity contribution >= 4 is 38.6 Å². The van der Waals surface area contributed by atoms with Gasteiger partial charge in [0.25, 0.3) is 0 Å². The highest BCUT2D eigenvalue weighted by Crippen LogP contribution is 2.50. The molecular formula is C48H50N2O. The van der Waals surface area contributed by atoms with Crippen LogP contribution in [0.2, 0.25) is 0 Å². The van der Waals surface area contributed by atoms with Crippen LogP contribution < -0.4 is 9.64 Å². The Balaban J connectivity index is 0.00000406. The molecule has 0 N–H and O–H groups in total. The molecule has 0 aromatic heterocycles. The number of hydrogen-bond donors (Lipinski definition) is 0. The molecule has 0 saturated carbocycles. The van der Waals surface area contributed by atoms with Gasteiger partial charge in [-0.1, -0.05) is 92.2 Å². The van der Waals surface area contributed by atoms with Crippen molar-refractivity contribution in [3.63, 3.8) is 0 Å². The second-order valence-corrected chi connectivity index (χ2v) is 15.3. The Kier molecular flexibility index (Phi) is 8.66. The van der Waals surface area contributed by atoms with Gasteiger partial charge in [-0.3, -0.25) is 0 Å². The van der Waals surface area contributed by atoms with E-state index in [-0.39, 0.29) is 18.3 Å². The van der Waals surface area contributed by atoms with Gasteiger partial charge in [0, 0.05) is 41.6 Å². The summed E-state index contributed by atoms with van der Waals surface area (Å²) >= 11 is 0. The Bertz CT molecular complexity index is 2340. The SMILES string of the molecule is Cc1ccc(OC2=C(/C=C/C3=[N+](C)c4ccc5ccccc5c4C3(C)C)CCC/C2=C\C=C2\N(C)c3ccc4ccccc4c3C2(C)C)cc1.[CH3-]. The Morgan fingerprint density at radius 1 is 0.706 bits per heavy atom. The average molecular weight is 671 g/mol. The number of allylic oxidation sites excluding steroid dienone is 7. The third-order valence-corrected chi connectivity index (χ3v) is 11.4. The zero-order valence-corrected chi connectivity index (χ0v) is 31.5. The van der Waals surface area contributed by atoms with Gasteiger partial charge in [0.05, 0.1) is 5.41 Å². The van der Waals surface area contributed by atoms with Gasteiger partial charge in [-0.25, -0.2) is 0 Å². The van der Waals surface area contributed by atoms with E-state index >= 15 is 0 Å². The molecule has 3 heteroatoms. The highest BCUT2D eigenvalue weighted by Gasteiger charge is 2.44. The predicted octanol–water partition coefficient (Wildman–Crippen LogP) is 12.1. The first-order valence-electron chi connectivity index (χ1n) is 18.0. The number of anilines is 1. The predicted molar refractivity (Wildman–Crippen MR) is 218 cm³/mol. The van der Waals surface area contributed by atoms with Gasteiger partial charge in [0.15, 0.2) is 5.71 Å². The minimum Gasteiger partial charge on any atom is -0.457 e. The highest BCUT2D eigenvalue weighted by molar-refractivity contribution is 6.07. The van der Waals surface area contributed by atoms with Crippen molar-refractivity contribution < 1.29 is 9.31 Å². The molecule has 0 saturated heterocycles. The third kappa shape index (κ3) is 5.64. The number of fused-ring (bicyclic) bond motifs is 6. The maximum atomic E-state index is 6.86. The van der Waals surface area contributed by atoms with E-state index in [4.69, 9.17) is 4.74 Å². The molecule has 0 radical (unpaired) electrons. The van der Waals surface area contributed by atoms with Gasteiger partial charge in [0.2, 0.25) is 5.69 Å². The molecule has 1 aliphatic carbocycles. The molecule has 8 rings (SSSR count). The van der Waals surface area contributed by atoms with Crippen molar-refractivity contribution in [2.45, 2.75) is 64.7 Å². The summed E-state index contributed by atoms with van der Waals surface area (Å²) in [4.78, 5) is 2.38. The normalized spacial score (nSPS) is 19.4. The highest BCUT2D eigenvalue weighted by atomic mass is 16.5. The van der Waals surface area contributed by atoms with Gasteiger partial charge < -0.3 is 17.1 Å². The average Bonchev–Trinajstić information content (AvgIpc) is 3.44. The van der Waals surface area contributed by atoms with Crippen LogP contribution in [0.1, 0.15) is 63.6 Å². The third-order valence-electron chi connectivity index (χ3n) is 11.4. The summed E-state index contributed by atoms with van der Waals surface area (Å²) in [6.45, 7) is 11.6. The van der Waals surface area contributed by atoms with Crippen LogP contribution in [0, 0.1) is 14.4 Å². The first-order chi connectivity index (χ1) is 24.1. The molecule has 51 heavy (non-hydrogen) atoms. The molecule has 0 atom stereocenters. The number of rotatable bonds is 5. The lowest BCUT2D eigenvalue weighted by Gasteiger charge is -2.25. The fraction of sp³-hybridized carbons (Fsp3) is 0.250. The van der Waals surface area contributed by atoms with Gasteiger partial charge in [-0.05, 0) is 115 Å². The molecule has 2 heterocycles. The Morgan fingerprint density at radius 3 is 2.06 bits per heavy atom. The molecule has 0 spiro atoms. The summed E-state index contributed by atoms with van der Waals surface area (Å²) in [5.41, 5.74) is 11.4. The first-order valence-corrected chi connectivity index (χ1v) is 18.0. The molecular weight excluding hydrogens is 621 g/mol. The molecule has 0 fully saturated rings. The van der Waals surface area contributed by atoms with Gasteiger partial charge in [0.1, 0.15) is 18.6 Å². The Morgan fingerprint density at radius 2 is 1.35 bits per heavy atom. The van der Waals surface area contributed by atoms with Crippen molar-refractivity contribution in [3.8, 4) is 5.75 Å². The summed E-state index contributed by atoms with van der Waals surface area (Å²) in [5.74, 6) is 1.86. The van der Waals surface area contributed by atoms with Crippen LogP contribution in [0.4, 0.5) is 11.4 Å². The van der Waals surface area contributed by atoms with E-state index in [9.17, 15) is 0 Å². The van der Waals surface area contributed by atoms with Crippen LogP contribution in [0.15, 0.2) is 144 Å². The van der Waals surface area contributed by atoms with Gasteiger partial charge >= 0.3 is 0 Å². The van der Waals surface area contributed by atoms with Crippen molar-refractivity contribution in [3.05, 3.63) is 168 Å². The van der Waals surface area contributed by atoms with E-state index in [2.05, 4.69) is 180 Å². The van der Waals surface area contributed by atoms with E-state index in [1.54, 1.807) is 0 Å². The summed E-state index contributed by atoms with van der Waals surface area (Å²) in [6.07, 6.45) is 12.4. The summed E-state index contributed by atoms with van der Waals surface area (Å²) < 4.78 is 9.23. The van der Waals surface area contributed by atoms with E-state index in [1.807, 2.05) is 0 Å². The van der Waals surface area contributed by atoms with Crippen LogP contribution in [0.25, 0.3) is 21.5 Å². The maximum Gasteiger partial charge on any atom is 0.210 e. The molecule has 258 valence electrons. The number of aryl methyl sites for hydroxylation is 1. The number of likely N-dealkylation sites (N-methyl/N-ethyl adjacent to an activating group) is 1. The molecule has 3 aliphatic rings. The largest absolute Gasteiger partial charge is 0.457 e. The summed E-state index contributed by atoms with van der Waals surface area (Å²) in [5, 5.41) is 5.24. The van der Waals surface area contributed by atoms with Crippen LogP contribution in [0.5, 0.6) is 5.75 Å². The minimum atomic E-state index is -0.143. The monoisotopic (exact) mass is 670 g/mol. The lowest BCUT2D eigenvalue weighted by molar-refractivity contribution is -0.401. The maximum absolute atomic E-state index is 6.86. The fourth-order valence-electron chi connectivity index (χ4n) is 8.82.